The highest BCUT2D eigenvalue weighted by atomic mass is 16.6. The maximum atomic E-state index is 11.7. The van der Waals surface area contributed by atoms with Gasteiger partial charge in [-0.25, -0.2) is 9.37 Å². The quantitative estimate of drug-likeness (QED) is 0.293. The normalized spacial score (nSPS) is 11.0. The number of carboxylic acids is 1. The predicted octanol–water partition coefficient (Wildman–Crippen LogP) is 3.46. The molecule has 0 fully saturated rings. The number of nitrogens with zero attached hydrogens (tertiary/aromatic N) is 1. The monoisotopic (exact) mass is 419 g/mol. The molecule has 1 aliphatic heterocycles. The van der Waals surface area contributed by atoms with Crippen molar-refractivity contribution in [2.24, 2.45) is 0 Å². The number of carbonyl (C=O) groups is 1. The van der Waals surface area contributed by atoms with Gasteiger partial charge < -0.3 is 19.1 Å². The lowest BCUT2D eigenvalue weighted by Gasteiger charge is -2.18. The maximum absolute atomic E-state index is 11.7. The smallest absolute Gasteiger partial charge is 0.335 e. The van der Waals surface area contributed by atoms with Crippen LogP contribution in [0, 0.1) is 0 Å². The third kappa shape index (κ3) is 3.71. The zero-order valence-corrected chi connectivity index (χ0v) is 17.7. The molecule has 0 bridgehead atoms. The van der Waals surface area contributed by atoms with E-state index < -0.39 is 5.97 Å². The van der Waals surface area contributed by atoms with E-state index in [1.807, 2.05) is 49.0 Å². The SMILES string of the molecule is CNOc1ccc2c(-c3cc(C(=O)O)ccc3OC)c3ccc(=[N+](C)C)cc-3oc2c1. The summed E-state index contributed by atoms with van der Waals surface area (Å²) in [6.45, 7) is 0. The first kappa shape index (κ1) is 20.4. The van der Waals surface area contributed by atoms with Crippen LogP contribution in [-0.2, 0) is 0 Å². The van der Waals surface area contributed by atoms with Crippen molar-refractivity contribution in [2.45, 2.75) is 0 Å². The van der Waals surface area contributed by atoms with Gasteiger partial charge in [0, 0.05) is 41.3 Å². The topological polar surface area (TPSA) is 83.9 Å². The molecule has 2 N–H and O–H groups in total. The minimum absolute atomic E-state index is 0.179. The van der Waals surface area contributed by atoms with Crippen molar-refractivity contribution in [3.05, 3.63) is 65.5 Å². The largest absolute Gasteiger partial charge is 0.496 e. The third-order valence-electron chi connectivity index (χ3n) is 5.13. The second-order valence-corrected chi connectivity index (χ2v) is 7.24. The van der Waals surface area contributed by atoms with E-state index in [9.17, 15) is 9.90 Å². The average molecular weight is 419 g/mol. The van der Waals surface area contributed by atoms with Crippen LogP contribution in [0.1, 0.15) is 10.4 Å². The number of hydroxylamine groups is 1. The first-order chi connectivity index (χ1) is 14.9. The second-order valence-electron chi connectivity index (χ2n) is 7.24. The molecule has 7 heteroatoms. The van der Waals surface area contributed by atoms with Crippen LogP contribution < -0.4 is 25.0 Å². The molecule has 0 radical (unpaired) electrons. The molecule has 31 heavy (non-hydrogen) atoms. The Balaban J connectivity index is 2.15. The van der Waals surface area contributed by atoms with Crippen molar-refractivity contribution in [2.75, 3.05) is 28.3 Å². The highest BCUT2D eigenvalue weighted by molar-refractivity contribution is 6.04. The van der Waals surface area contributed by atoms with Crippen LogP contribution in [-0.4, -0.2) is 39.3 Å². The first-order valence-electron chi connectivity index (χ1n) is 9.69. The second kappa shape index (κ2) is 8.12. The molecule has 0 saturated heterocycles. The summed E-state index contributed by atoms with van der Waals surface area (Å²) < 4.78 is 13.8. The van der Waals surface area contributed by atoms with Crippen molar-refractivity contribution >= 4 is 16.9 Å². The molecular formula is C24H23N2O5+. The van der Waals surface area contributed by atoms with Crippen LogP contribution >= 0.6 is 0 Å². The lowest BCUT2D eigenvalue weighted by Crippen LogP contribution is -2.21. The van der Waals surface area contributed by atoms with E-state index >= 15 is 0 Å². The van der Waals surface area contributed by atoms with Gasteiger partial charge in [0.2, 0.25) is 5.36 Å². The van der Waals surface area contributed by atoms with Crippen molar-refractivity contribution < 1.29 is 23.9 Å². The number of carboxylic acid groups (broad SMARTS) is 1. The van der Waals surface area contributed by atoms with Crippen LogP contribution in [0.5, 0.6) is 11.5 Å². The van der Waals surface area contributed by atoms with Crippen molar-refractivity contribution in [1.29, 1.82) is 0 Å². The fourth-order valence-electron chi connectivity index (χ4n) is 3.65. The van der Waals surface area contributed by atoms with Crippen LogP contribution in [0.4, 0.5) is 0 Å². The molecule has 158 valence electrons. The van der Waals surface area contributed by atoms with E-state index in [1.165, 1.54) is 6.07 Å². The Bertz CT molecular complexity index is 1340. The summed E-state index contributed by atoms with van der Waals surface area (Å²) in [6, 6.07) is 16.3. The number of fused-ring (bicyclic) bond motifs is 2. The highest BCUT2D eigenvalue weighted by Gasteiger charge is 2.22. The molecule has 0 spiro atoms. The Kier molecular flexibility index (Phi) is 5.35. The lowest BCUT2D eigenvalue weighted by atomic mass is 9.92. The molecule has 4 rings (SSSR count). The van der Waals surface area contributed by atoms with Crippen molar-refractivity contribution in [3.63, 3.8) is 0 Å². The van der Waals surface area contributed by atoms with E-state index in [2.05, 4.69) is 5.48 Å². The van der Waals surface area contributed by atoms with Gasteiger partial charge in [0.15, 0.2) is 5.75 Å². The number of hydrogen-bond donors (Lipinski definition) is 2. The highest BCUT2D eigenvalue weighted by Crippen LogP contribution is 2.44. The summed E-state index contributed by atoms with van der Waals surface area (Å²) in [4.78, 5) is 17.1. The van der Waals surface area contributed by atoms with Gasteiger partial charge in [-0.05, 0) is 36.4 Å². The Morgan fingerprint density at radius 3 is 2.52 bits per heavy atom. The summed E-state index contributed by atoms with van der Waals surface area (Å²) in [5.74, 6) is 0.834. The number of ether oxygens (including phenoxy) is 1. The van der Waals surface area contributed by atoms with Gasteiger partial charge in [0.05, 0.1) is 18.7 Å². The number of nitrogens with one attached hydrogen (secondary N) is 1. The molecule has 2 aliphatic rings. The van der Waals surface area contributed by atoms with Crippen LogP contribution in [0.3, 0.4) is 0 Å². The molecule has 0 atom stereocenters. The maximum Gasteiger partial charge on any atom is 0.335 e. The molecule has 0 amide bonds. The first-order valence-corrected chi connectivity index (χ1v) is 9.69. The fraction of sp³-hybridized carbons (Fsp3) is 0.167. The van der Waals surface area contributed by atoms with E-state index in [0.29, 0.717) is 28.4 Å². The molecule has 7 nitrogen and oxygen atoms in total. The summed E-state index contributed by atoms with van der Waals surface area (Å²) in [5, 5.41) is 11.3. The molecule has 2 aromatic carbocycles. The van der Waals surface area contributed by atoms with Crippen LogP contribution in [0.25, 0.3) is 33.4 Å². The Morgan fingerprint density at radius 2 is 1.84 bits per heavy atom. The zero-order valence-electron chi connectivity index (χ0n) is 17.7. The van der Waals surface area contributed by atoms with Gasteiger partial charge in [-0.1, -0.05) is 0 Å². The zero-order chi connectivity index (χ0) is 22.1. The number of rotatable bonds is 5. The lowest BCUT2D eigenvalue weighted by molar-refractivity contribution is 0.0697. The van der Waals surface area contributed by atoms with Crippen LogP contribution in [0.15, 0.2) is 59.0 Å². The van der Waals surface area contributed by atoms with Gasteiger partial charge in [0.25, 0.3) is 0 Å². The summed E-state index contributed by atoms with van der Waals surface area (Å²) in [6.07, 6.45) is 0. The van der Waals surface area contributed by atoms with E-state index in [4.69, 9.17) is 14.0 Å². The molecular weight excluding hydrogens is 396 g/mol. The minimum Gasteiger partial charge on any atom is -0.496 e. The minimum atomic E-state index is -1.00. The Labute approximate surface area is 179 Å². The number of benzene rings is 3. The Hall–Kier alpha value is -3.84. The Morgan fingerprint density at radius 1 is 1.03 bits per heavy atom. The third-order valence-corrected chi connectivity index (χ3v) is 5.13. The van der Waals surface area contributed by atoms with E-state index in [1.54, 1.807) is 32.4 Å². The number of aromatic carboxylic acids is 1. The van der Waals surface area contributed by atoms with Gasteiger partial charge >= 0.3 is 5.97 Å². The molecule has 1 aliphatic carbocycles. The van der Waals surface area contributed by atoms with Crippen molar-refractivity contribution in [3.8, 4) is 33.9 Å². The van der Waals surface area contributed by atoms with E-state index in [-0.39, 0.29) is 5.56 Å². The summed E-state index contributed by atoms with van der Waals surface area (Å²) >= 11 is 0. The standard InChI is InChI=1S/C24H22N2O5/c1-25-31-16-7-9-18-22(13-16)30-21-12-15(26(2)3)6-8-17(21)23(18)19-11-14(24(27)28)5-10-20(19)29-4/h5-13,25H,1-4H3/p+1. The van der Waals surface area contributed by atoms with E-state index in [0.717, 1.165) is 21.9 Å². The number of methoxy groups -OCH3 is 1. The van der Waals surface area contributed by atoms with Gasteiger partial charge in [-0.15, -0.1) is 0 Å². The molecule has 2 aromatic rings. The van der Waals surface area contributed by atoms with Gasteiger partial charge in [-0.2, -0.15) is 5.48 Å². The number of hydrogen-bond acceptors (Lipinski definition) is 5. The average Bonchev–Trinajstić information content (AvgIpc) is 2.76. The fourth-order valence-corrected chi connectivity index (χ4v) is 3.65. The van der Waals surface area contributed by atoms with Crippen molar-refractivity contribution in [1.82, 2.24) is 10.1 Å². The molecule has 0 unspecified atom stereocenters. The molecule has 0 saturated carbocycles. The van der Waals surface area contributed by atoms with Crippen LogP contribution in [0.2, 0.25) is 0 Å². The van der Waals surface area contributed by atoms with Gasteiger partial charge in [-0.3, -0.25) is 0 Å². The molecule has 0 aromatic heterocycles. The summed E-state index contributed by atoms with van der Waals surface area (Å²) in [7, 11) is 7.17. The molecule has 1 heterocycles. The van der Waals surface area contributed by atoms with Gasteiger partial charge in [0.1, 0.15) is 31.2 Å². The summed E-state index contributed by atoms with van der Waals surface area (Å²) in [5.41, 5.74) is 5.80. The predicted molar refractivity (Wildman–Crippen MR) is 119 cm³/mol.